The molecule has 0 aromatic heterocycles. The van der Waals surface area contributed by atoms with Crippen molar-refractivity contribution in [3.63, 3.8) is 0 Å². The Labute approximate surface area is 132 Å². The Morgan fingerprint density at radius 3 is 2.65 bits per heavy atom. The molecular weight excluding hydrogens is 368 g/mol. The van der Waals surface area contributed by atoms with E-state index in [1.54, 1.807) is 6.07 Å². The second-order valence-electron chi connectivity index (χ2n) is 4.49. The lowest BCUT2D eigenvalue weighted by Gasteiger charge is -2.18. The highest BCUT2D eigenvalue weighted by molar-refractivity contribution is 14.1. The molecule has 0 amide bonds. The maximum Gasteiger partial charge on any atom is 0.140 e. The molecule has 106 valence electrons. The Balaban J connectivity index is 2.34. The summed E-state index contributed by atoms with van der Waals surface area (Å²) in [6.07, 6.45) is 0. The highest BCUT2D eigenvalue weighted by Crippen LogP contribution is 2.32. The maximum atomic E-state index is 13.5. The van der Waals surface area contributed by atoms with Gasteiger partial charge in [-0.2, -0.15) is 0 Å². The van der Waals surface area contributed by atoms with Crippen LogP contribution in [0.3, 0.4) is 0 Å². The lowest BCUT2D eigenvalue weighted by Crippen LogP contribution is -2.18. The third-order valence-electron chi connectivity index (χ3n) is 3.01. The van der Waals surface area contributed by atoms with Gasteiger partial charge >= 0.3 is 0 Å². The number of hydrogen-bond donors (Lipinski definition) is 1. The molecule has 0 aliphatic heterocycles. The molecule has 0 fully saturated rings. The van der Waals surface area contributed by atoms with E-state index in [0.29, 0.717) is 5.75 Å². The summed E-state index contributed by atoms with van der Waals surface area (Å²) in [6.45, 7) is 4.84. The van der Waals surface area contributed by atoms with Gasteiger partial charge in [-0.3, -0.25) is 0 Å². The first kappa shape index (κ1) is 15.3. The number of hydrogen-bond acceptors (Lipinski definition) is 2. The van der Waals surface area contributed by atoms with Gasteiger partial charge in [0.05, 0.1) is 3.57 Å². The highest BCUT2D eigenvalue weighted by atomic mass is 127. The van der Waals surface area contributed by atoms with Gasteiger partial charge in [-0.15, -0.1) is 0 Å². The number of para-hydroxylation sites is 1. The van der Waals surface area contributed by atoms with Crippen LogP contribution in [0.2, 0.25) is 0 Å². The van der Waals surface area contributed by atoms with E-state index in [-0.39, 0.29) is 11.9 Å². The molecular formula is C16H17FINO. The summed E-state index contributed by atoms with van der Waals surface area (Å²) in [7, 11) is 0. The van der Waals surface area contributed by atoms with Gasteiger partial charge in [0, 0.05) is 11.6 Å². The first-order valence-corrected chi connectivity index (χ1v) is 7.65. The van der Waals surface area contributed by atoms with Crippen LogP contribution in [0.15, 0.2) is 42.5 Å². The van der Waals surface area contributed by atoms with Crippen LogP contribution >= 0.6 is 22.6 Å². The van der Waals surface area contributed by atoms with Crippen molar-refractivity contribution in [1.29, 1.82) is 0 Å². The molecule has 0 saturated carbocycles. The first-order valence-electron chi connectivity index (χ1n) is 6.57. The van der Waals surface area contributed by atoms with Gasteiger partial charge < -0.3 is 10.1 Å². The van der Waals surface area contributed by atoms with Crippen LogP contribution < -0.4 is 10.1 Å². The summed E-state index contributed by atoms with van der Waals surface area (Å²) in [5, 5.41) is 3.28. The molecule has 0 radical (unpaired) electrons. The smallest absolute Gasteiger partial charge is 0.140 e. The zero-order valence-corrected chi connectivity index (χ0v) is 13.6. The number of halogens is 2. The van der Waals surface area contributed by atoms with Crippen LogP contribution in [0.5, 0.6) is 11.5 Å². The van der Waals surface area contributed by atoms with Crippen molar-refractivity contribution in [1.82, 2.24) is 5.32 Å². The van der Waals surface area contributed by atoms with Crippen LogP contribution in [0.1, 0.15) is 25.5 Å². The fourth-order valence-corrected chi connectivity index (χ4v) is 2.51. The average Bonchev–Trinajstić information content (AvgIpc) is 2.43. The van der Waals surface area contributed by atoms with Gasteiger partial charge in [-0.25, -0.2) is 4.39 Å². The van der Waals surface area contributed by atoms with Crippen LogP contribution in [-0.2, 0) is 0 Å². The summed E-state index contributed by atoms with van der Waals surface area (Å²) >= 11 is 2.22. The fraction of sp³-hybridized carbons (Fsp3) is 0.250. The van der Waals surface area contributed by atoms with Crippen LogP contribution in [0, 0.1) is 9.39 Å². The molecule has 1 N–H and O–H groups in total. The minimum Gasteiger partial charge on any atom is -0.456 e. The Morgan fingerprint density at radius 2 is 1.95 bits per heavy atom. The van der Waals surface area contributed by atoms with Crippen molar-refractivity contribution >= 4 is 22.6 Å². The highest BCUT2D eigenvalue weighted by Gasteiger charge is 2.13. The summed E-state index contributed by atoms with van der Waals surface area (Å²) < 4.78 is 20.5. The monoisotopic (exact) mass is 385 g/mol. The third kappa shape index (κ3) is 3.70. The van der Waals surface area contributed by atoms with Crippen LogP contribution in [0.4, 0.5) is 4.39 Å². The lowest BCUT2D eigenvalue weighted by molar-refractivity contribution is 0.457. The predicted octanol–water partition coefficient (Wildman–Crippen LogP) is 4.89. The molecule has 2 aromatic carbocycles. The molecule has 4 heteroatoms. The van der Waals surface area contributed by atoms with Crippen molar-refractivity contribution < 1.29 is 9.13 Å². The normalized spacial score (nSPS) is 12.2. The van der Waals surface area contributed by atoms with E-state index in [9.17, 15) is 4.39 Å². The van der Waals surface area contributed by atoms with Gasteiger partial charge in [0.15, 0.2) is 0 Å². The fourth-order valence-electron chi connectivity index (χ4n) is 2.01. The second kappa shape index (κ2) is 7.04. The molecule has 0 bridgehead atoms. The molecule has 2 rings (SSSR count). The van der Waals surface area contributed by atoms with Crippen molar-refractivity contribution in [2.24, 2.45) is 0 Å². The van der Waals surface area contributed by atoms with Gasteiger partial charge in [0.2, 0.25) is 0 Å². The number of nitrogens with one attached hydrogen (secondary N) is 1. The van der Waals surface area contributed by atoms with E-state index in [1.807, 2.05) is 38.1 Å². The third-order valence-corrected chi connectivity index (χ3v) is 3.90. The van der Waals surface area contributed by atoms with Gasteiger partial charge in [0.1, 0.15) is 17.3 Å². The van der Waals surface area contributed by atoms with Crippen LogP contribution in [0.25, 0.3) is 0 Å². The second-order valence-corrected chi connectivity index (χ2v) is 5.66. The molecule has 0 heterocycles. The largest absolute Gasteiger partial charge is 0.456 e. The molecule has 0 aliphatic rings. The molecule has 1 unspecified atom stereocenters. The predicted molar refractivity (Wildman–Crippen MR) is 87.7 cm³/mol. The van der Waals surface area contributed by atoms with E-state index >= 15 is 0 Å². The van der Waals surface area contributed by atoms with Crippen molar-refractivity contribution in [3.8, 4) is 11.5 Å². The average molecular weight is 385 g/mol. The topological polar surface area (TPSA) is 21.3 Å². The molecule has 2 nitrogen and oxygen atoms in total. The van der Waals surface area contributed by atoms with E-state index in [2.05, 4.69) is 27.9 Å². The summed E-state index contributed by atoms with van der Waals surface area (Å²) in [5.41, 5.74) is 0.825. The standard InChI is InChI=1S/C16H17FINO/c1-3-19-11(2)13-10-12(17)8-9-15(13)20-16-7-5-4-6-14(16)18/h4-11,19H,3H2,1-2H3. The minimum absolute atomic E-state index is 0.0343. The zero-order chi connectivity index (χ0) is 14.5. The zero-order valence-electron chi connectivity index (χ0n) is 11.5. The Morgan fingerprint density at radius 1 is 1.20 bits per heavy atom. The SMILES string of the molecule is CCNC(C)c1cc(F)ccc1Oc1ccccc1I. The molecule has 20 heavy (non-hydrogen) atoms. The molecule has 2 aromatic rings. The summed E-state index contributed by atoms with van der Waals surface area (Å²) in [4.78, 5) is 0. The van der Waals surface area contributed by atoms with E-state index in [1.165, 1.54) is 12.1 Å². The minimum atomic E-state index is -0.250. The van der Waals surface area contributed by atoms with Crippen molar-refractivity contribution in [2.75, 3.05) is 6.54 Å². The van der Waals surface area contributed by atoms with E-state index < -0.39 is 0 Å². The number of benzene rings is 2. The Hall–Kier alpha value is -1.14. The summed E-state index contributed by atoms with van der Waals surface area (Å²) in [6, 6.07) is 12.4. The van der Waals surface area contributed by atoms with Crippen molar-refractivity contribution in [2.45, 2.75) is 19.9 Å². The van der Waals surface area contributed by atoms with E-state index in [0.717, 1.165) is 21.4 Å². The van der Waals surface area contributed by atoms with Gasteiger partial charge in [-0.1, -0.05) is 19.1 Å². The van der Waals surface area contributed by atoms with Gasteiger partial charge in [0.25, 0.3) is 0 Å². The Bertz CT molecular complexity index is 588. The maximum absolute atomic E-state index is 13.5. The van der Waals surface area contributed by atoms with Crippen molar-refractivity contribution in [3.05, 3.63) is 57.4 Å². The van der Waals surface area contributed by atoms with Gasteiger partial charge in [-0.05, 0) is 66.4 Å². The first-order chi connectivity index (χ1) is 9.61. The Kier molecular flexibility index (Phi) is 5.37. The molecule has 0 spiro atoms. The molecule has 1 atom stereocenters. The molecule has 0 saturated heterocycles. The quantitative estimate of drug-likeness (QED) is 0.740. The number of rotatable bonds is 5. The summed E-state index contributed by atoms with van der Waals surface area (Å²) in [5.74, 6) is 1.22. The number of ether oxygens (including phenoxy) is 1. The van der Waals surface area contributed by atoms with E-state index in [4.69, 9.17) is 4.74 Å². The lowest BCUT2D eigenvalue weighted by atomic mass is 10.1. The van der Waals surface area contributed by atoms with Crippen LogP contribution in [-0.4, -0.2) is 6.54 Å². The molecule has 0 aliphatic carbocycles.